The number of nitrogens with two attached hydrogens (primary N) is 1. The number of amides is 1. The van der Waals surface area contributed by atoms with Crippen LogP contribution in [0.2, 0.25) is 0 Å². The van der Waals surface area contributed by atoms with Gasteiger partial charge in [0.1, 0.15) is 11.2 Å². The van der Waals surface area contributed by atoms with Crippen molar-refractivity contribution in [3.63, 3.8) is 0 Å². The second-order valence-corrected chi connectivity index (χ2v) is 7.26. The molecule has 0 saturated carbocycles. The molecule has 0 aliphatic carbocycles. The third-order valence-corrected chi connectivity index (χ3v) is 4.82. The molecule has 0 saturated heterocycles. The summed E-state index contributed by atoms with van der Waals surface area (Å²) in [5, 5.41) is 0. The molecular formula is C22H24N6O3. The largest absolute Gasteiger partial charge is 0.463 e. The lowest BCUT2D eigenvalue weighted by Crippen LogP contribution is -2.47. The Balaban J connectivity index is 1.71. The van der Waals surface area contributed by atoms with Gasteiger partial charge >= 0.3 is 0 Å². The fourth-order valence-corrected chi connectivity index (χ4v) is 3.03. The van der Waals surface area contributed by atoms with Gasteiger partial charge in [0.25, 0.3) is 0 Å². The number of guanidine groups is 1. The van der Waals surface area contributed by atoms with Crippen molar-refractivity contribution in [1.82, 2.24) is 19.9 Å². The molecule has 3 heterocycles. The molecule has 1 aliphatic heterocycles. The zero-order valence-electron chi connectivity index (χ0n) is 17.8. The number of hydrogen-bond acceptors (Lipinski definition) is 8. The minimum atomic E-state index is -0.883. The van der Waals surface area contributed by atoms with Crippen LogP contribution in [0.5, 0.6) is 5.88 Å². The van der Waals surface area contributed by atoms with Gasteiger partial charge in [-0.15, -0.1) is 5.92 Å². The van der Waals surface area contributed by atoms with Crippen LogP contribution in [0.4, 0.5) is 0 Å². The van der Waals surface area contributed by atoms with Gasteiger partial charge in [0, 0.05) is 26.1 Å². The van der Waals surface area contributed by atoms with Crippen LogP contribution in [0.25, 0.3) is 0 Å². The van der Waals surface area contributed by atoms with Gasteiger partial charge in [-0.2, -0.15) is 0 Å². The Bertz CT molecular complexity index is 1070. The van der Waals surface area contributed by atoms with E-state index in [0.29, 0.717) is 11.6 Å². The van der Waals surface area contributed by atoms with E-state index in [9.17, 15) is 9.59 Å². The van der Waals surface area contributed by atoms with Gasteiger partial charge in [0.05, 0.1) is 24.5 Å². The Labute approximate surface area is 180 Å². The number of hydrogen-bond donors (Lipinski definition) is 1. The maximum Gasteiger partial charge on any atom is 0.233 e. The quantitative estimate of drug-likeness (QED) is 0.554. The molecule has 0 radical (unpaired) electrons. The molecule has 160 valence electrons. The summed E-state index contributed by atoms with van der Waals surface area (Å²) in [7, 11) is 1.58. The third-order valence-electron chi connectivity index (χ3n) is 4.82. The monoisotopic (exact) mass is 420 g/mol. The van der Waals surface area contributed by atoms with Gasteiger partial charge in [0.15, 0.2) is 18.3 Å². The predicted molar refractivity (Wildman–Crippen MR) is 114 cm³/mol. The smallest absolute Gasteiger partial charge is 0.233 e. The van der Waals surface area contributed by atoms with Crippen molar-refractivity contribution in [3.05, 3.63) is 47.7 Å². The molecular weight excluding hydrogens is 396 g/mol. The highest BCUT2D eigenvalue weighted by Crippen LogP contribution is 2.31. The summed E-state index contributed by atoms with van der Waals surface area (Å²) in [5.41, 5.74) is 6.53. The van der Waals surface area contributed by atoms with Crippen molar-refractivity contribution in [1.29, 1.82) is 0 Å². The molecule has 2 aromatic rings. The van der Waals surface area contributed by atoms with Crippen molar-refractivity contribution >= 4 is 17.6 Å². The Hall–Kier alpha value is -3.80. The molecule has 0 bridgehead atoms. The van der Waals surface area contributed by atoms with Crippen molar-refractivity contribution in [2.75, 3.05) is 13.7 Å². The topological polar surface area (TPSA) is 124 Å². The Morgan fingerprint density at radius 3 is 2.77 bits per heavy atom. The van der Waals surface area contributed by atoms with Gasteiger partial charge in [0.2, 0.25) is 11.8 Å². The number of pyridine rings is 1. The number of ether oxygens (including phenoxy) is 1. The number of rotatable bonds is 6. The van der Waals surface area contributed by atoms with Gasteiger partial charge in [-0.25, -0.2) is 15.0 Å². The molecule has 9 heteroatoms. The molecule has 0 spiro atoms. The number of carbonyl (C=O) groups is 2. The van der Waals surface area contributed by atoms with Crippen molar-refractivity contribution in [2.45, 2.75) is 38.6 Å². The summed E-state index contributed by atoms with van der Waals surface area (Å²) in [5.74, 6) is 5.84. The number of carbonyl (C=O) groups excluding carboxylic acids is 2. The number of Topliss-reactive ketones (excluding diaryl/α,β-unsaturated/α-hetero) is 1. The van der Waals surface area contributed by atoms with E-state index >= 15 is 0 Å². The molecule has 9 nitrogen and oxygen atoms in total. The standard InChI is InChI=1S/C22H24N6O3/c1-4-5-6-9-31-19-14-25-16(13-26-19)17(29)10-15-7-8-24-18(11-15)22(2)12-20(30)28(3)21(23)27-22/h7-8,11,13-14H,4,9-10,12H2,1-3H3,(H2,23,27). The molecule has 2 aromatic heterocycles. The van der Waals surface area contributed by atoms with E-state index in [1.165, 1.54) is 17.3 Å². The molecule has 1 amide bonds. The first-order chi connectivity index (χ1) is 14.8. The van der Waals surface area contributed by atoms with Crippen LogP contribution in [0.1, 0.15) is 48.4 Å². The lowest BCUT2D eigenvalue weighted by Gasteiger charge is -2.32. The number of aromatic nitrogens is 3. The first-order valence-corrected chi connectivity index (χ1v) is 9.83. The zero-order chi connectivity index (χ0) is 22.4. The van der Waals surface area contributed by atoms with Crippen molar-refractivity contribution in [3.8, 4) is 17.7 Å². The van der Waals surface area contributed by atoms with E-state index in [1.54, 1.807) is 32.3 Å². The molecule has 1 atom stereocenters. The van der Waals surface area contributed by atoms with E-state index < -0.39 is 5.54 Å². The molecule has 2 N–H and O–H groups in total. The zero-order valence-corrected chi connectivity index (χ0v) is 17.8. The number of ketones is 1. The normalized spacial score (nSPS) is 18.1. The van der Waals surface area contributed by atoms with E-state index in [1.807, 2.05) is 6.92 Å². The van der Waals surface area contributed by atoms with Crippen LogP contribution in [0.15, 0.2) is 35.7 Å². The summed E-state index contributed by atoms with van der Waals surface area (Å²) < 4.78 is 5.36. The second kappa shape index (κ2) is 9.34. The molecule has 31 heavy (non-hydrogen) atoms. The third kappa shape index (κ3) is 5.22. The Morgan fingerprint density at radius 1 is 1.29 bits per heavy atom. The summed E-state index contributed by atoms with van der Waals surface area (Å²) in [6.45, 7) is 3.97. The van der Waals surface area contributed by atoms with Crippen molar-refractivity contribution < 1.29 is 14.3 Å². The lowest BCUT2D eigenvalue weighted by molar-refractivity contribution is -0.128. The Morgan fingerprint density at radius 2 is 2.10 bits per heavy atom. The molecule has 0 aromatic carbocycles. The first kappa shape index (κ1) is 21.9. The fourth-order valence-electron chi connectivity index (χ4n) is 3.03. The van der Waals surface area contributed by atoms with E-state index in [-0.39, 0.29) is 42.8 Å². The van der Waals surface area contributed by atoms with Gasteiger partial charge in [-0.05, 0) is 24.6 Å². The SMILES string of the molecule is CCC#CCOc1cnc(C(=O)Cc2ccnc(C3(C)CC(=O)N(C)C(N)=N3)c2)cn1. The van der Waals surface area contributed by atoms with Crippen LogP contribution in [0.3, 0.4) is 0 Å². The van der Waals surface area contributed by atoms with Gasteiger partial charge < -0.3 is 10.5 Å². The summed E-state index contributed by atoms with van der Waals surface area (Å²) in [4.78, 5) is 43.2. The first-order valence-electron chi connectivity index (χ1n) is 9.83. The van der Waals surface area contributed by atoms with E-state index in [2.05, 4.69) is 31.8 Å². The minimum Gasteiger partial charge on any atom is -0.463 e. The summed E-state index contributed by atoms with van der Waals surface area (Å²) in [6, 6.07) is 3.51. The highest BCUT2D eigenvalue weighted by Gasteiger charge is 2.37. The lowest BCUT2D eigenvalue weighted by atomic mass is 9.90. The predicted octanol–water partition coefficient (Wildman–Crippen LogP) is 1.48. The van der Waals surface area contributed by atoms with Gasteiger partial charge in [-0.3, -0.25) is 19.5 Å². The molecule has 1 aliphatic rings. The maximum atomic E-state index is 12.6. The number of nitrogens with zero attached hydrogens (tertiary/aromatic N) is 5. The molecule has 3 rings (SSSR count). The van der Waals surface area contributed by atoms with Crippen LogP contribution in [0, 0.1) is 11.8 Å². The summed E-state index contributed by atoms with van der Waals surface area (Å²) >= 11 is 0. The highest BCUT2D eigenvalue weighted by molar-refractivity contribution is 5.98. The van der Waals surface area contributed by atoms with Crippen LogP contribution in [-0.2, 0) is 16.8 Å². The summed E-state index contributed by atoms with van der Waals surface area (Å²) in [6.07, 6.45) is 5.39. The average molecular weight is 420 g/mol. The van der Waals surface area contributed by atoms with E-state index in [0.717, 1.165) is 12.0 Å². The fraction of sp³-hybridized carbons (Fsp3) is 0.364. The van der Waals surface area contributed by atoms with Crippen LogP contribution < -0.4 is 10.5 Å². The number of aliphatic imine (C=N–C) groups is 1. The van der Waals surface area contributed by atoms with Crippen molar-refractivity contribution in [2.24, 2.45) is 10.7 Å². The Kier molecular flexibility index (Phi) is 6.60. The molecule has 0 fully saturated rings. The maximum absolute atomic E-state index is 12.6. The highest BCUT2D eigenvalue weighted by atomic mass is 16.5. The van der Waals surface area contributed by atoms with Crippen LogP contribution >= 0.6 is 0 Å². The van der Waals surface area contributed by atoms with E-state index in [4.69, 9.17) is 10.5 Å². The van der Waals surface area contributed by atoms with Crippen LogP contribution in [-0.4, -0.2) is 51.2 Å². The molecule has 1 unspecified atom stereocenters. The van der Waals surface area contributed by atoms with Gasteiger partial charge in [-0.1, -0.05) is 12.8 Å². The second-order valence-electron chi connectivity index (χ2n) is 7.26. The average Bonchev–Trinajstić information content (AvgIpc) is 2.75. The minimum absolute atomic E-state index is 0.107.